The van der Waals surface area contributed by atoms with Crippen molar-refractivity contribution in [2.75, 3.05) is 11.2 Å². The number of hydrazine groups is 1. The normalized spacial score (nSPS) is 10.6. The number of nitrogens with one attached hydrogen (secondary N) is 1. The molecule has 0 atom stereocenters. The highest BCUT2D eigenvalue weighted by Crippen LogP contribution is 2.15. The van der Waals surface area contributed by atoms with E-state index in [-0.39, 0.29) is 0 Å². The van der Waals surface area contributed by atoms with E-state index in [2.05, 4.69) is 16.5 Å². The molecule has 0 fully saturated rings. The summed E-state index contributed by atoms with van der Waals surface area (Å²) < 4.78 is 0. The number of benzene rings is 3. The first-order valence-corrected chi connectivity index (χ1v) is 9.60. The van der Waals surface area contributed by atoms with E-state index in [0.717, 1.165) is 38.7 Å². The average Bonchev–Trinajstić information content (AvgIpc) is 2.75. The minimum atomic E-state index is 0.512. The van der Waals surface area contributed by atoms with Gasteiger partial charge in [-0.2, -0.15) is 5.26 Å². The molecule has 0 radical (unpaired) electrons. The van der Waals surface area contributed by atoms with Gasteiger partial charge in [-0.1, -0.05) is 23.7 Å². The Bertz CT molecular complexity index is 1070. The van der Waals surface area contributed by atoms with Crippen molar-refractivity contribution in [1.82, 2.24) is 0 Å². The van der Waals surface area contributed by atoms with E-state index in [1.54, 1.807) is 18.2 Å². The summed E-state index contributed by atoms with van der Waals surface area (Å²) in [5.41, 5.74) is 20.5. The zero-order valence-electron chi connectivity index (χ0n) is 17.0. The van der Waals surface area contributed by atoms with E-state index in [1.165, 1.54) is 0 Å². The second kappa shape index (κ2) is 10.9. The fraction of sp³-hybridized carbons (Fsp3) is 0.130. The highest BCUT2D eigenvalue weighted by Gasteiger charge is 2.01. The Labute approximate surface area is 182 Å². The Kier molecular flexibility index (Phi) is 8.24. The molecule has 0 aliphatic carbocycles. The predicted molar refractivity (Wildman–Crippen MR) is 125 cm³/mol. The van der Waals surface area contributed by atoms with Gasteiger partial charge in [0.2, 0.25) is 0 Å². The van der Waals surface area contributed by atoms with E-state index < -0.39 is 0 Å². The van der Waals surface area contributed by atoms with Gasteiger partial charge in [-0.15, -0.1) is 0 Å². The second-order valence-corrected chi connectivity index (χ2v) is 7.12. The summed E-state index contributed by atoms with van der Waals surface area (Å²) >= 11 is 5.83. The molecule has 3 rings (SSSR count). The van der Waals surface area contributed by atoms with Crippen LogP contribution in [0.1, 0.15) is 27.8 Å². The van der Waals surface area contributed by atoms with E-state index in [0.29, 0.717) is 17.9 Å². The van der Waals surface area contributed by atoms with Crippen LogP contribution < -0.4 is 22.7 Å². The van der Waals surface area contributed by atoms with Gasteiger partial charge in [-0.05, 0) is 79.1 Å². The van der Waals surface area contributed by atoms with Gasteiger partial charge in [0.1, 0.15) is 5.84 Å². The molecule has 0 heterocycles. The first kappa shape index (κ1) is 22.8. The van der Waals surface area contributed by atoms with Crippen molar-refractivity contribution < 1.29 is 0 Å². The van der Waals surface area contributed by atoms with Crippen LogP contribution in [0.4, 0.5) is 11.4 Å². The molecule has 0 aliphatic rings. The van der Waals surface area contributed by atoms with Crippen LogP contribution in [-0.4, -0.2) is 5.84 Å². The number of halogens is 1. The lowest BCUT2D eigenvalue weighted by Gasteiger charge is -2.05. The largest absolute Gasteiger partial charge is 0.399 e. The van der Waals surface area contributed by atoms with Crippen molar-refractivity contribution in [3.05, 3.63) is 93.5 Å². The third-order valence-corrected chi connectivity index (χ3v) is 4.67. The summed E-state index contributed by atoms with van der Waals surface area (Å²) in [5, 5.41) is 9.24. The third-order valence-electron chi connectivity index (χ3n) is 4.42. The van der Waals surface area contributed by atoms with Gasteiger partial charge in [0.05, 0.1) is 23.9 Å². The number of hydrogen-bond acceptors (Lipinski definition) is 5. The Hall–Kier alpha value is -3.53. The molecule has 0 spiro atoms. The summed E-state index contributed by atoms with van der Waals surface area (Å²) in [5.74, 6) is 5.72. The van der Waals surface area contributed by atoms with E-state index in [1.807, 2.05) is 56.3 Å². The van der Waals surface area contributed by atoms with Crippen molar-refractivity contribution in [3.8, 4) is 6.07 Å². The van der Waals surface area contributed by atoms with Crippen LogP contribution in [0.2, 0.25) is 5.02 Å². The fourth-order valence-corrected chi connectivity index (χ4v) is 2.71. The molecule has 0 saturated heterocycles. The number of nitrogens with two attached hydrogens (primary N) is 3. The quantitative estimate of drug-likeness (QED) is 0.165. The van der Waals surface area contributed by atoms with Crippen LogP contribution in [0.15, 0.2) is 65.7 Å². The first-order chi connectivity index (χ1) is 14.3. The lowest BCUT2D eigenvalue weighted by atomic mass is 10.1. The van der Waals surface area contributed by atoms with Crippen molar-refractivity contribution >= 4 is 28.8 Å². The van der Waals surface area contributed by atoms with Gasteiger partial charge in [0.15, 0.2) is 0 Å². The number of nitrogen functional groups attached to an aromatic ring is 2. The highest BCUT2D eigenvalue weighted by atomic mass is 35.5. The smallest absolute Gasteiger partial charge is 0.125 e. The van der Waals surface area contributed by atoms with Crippen molar-refractivity contribution in [1.29, 1.82) is 5.26 Å². The number of aliphatic imine (C=N–C) groups is 1. The van der Waals surface area contributed by atoms with Gasteiger partial charge in [0, 0.05) is 16.3 Å². The van der Waals surface area contributed by atoms with Crippen molar-refractivity contribution in [2.24, 2.45) is 16.6 Å². The number of rotatable bonds is 4. The molecular formula is C23H25ClN6. The Morgan fingerprint density at radius 1 is 1.03 bits per heavy atom. The summed E-state index contributed by atoms with van der Waals surface area (Å²) in [6, 6.07) is 20.6. The SMILES string of the molecule is Cc1cc(C#N)ccc1NN.Cc1cc(C(N)=NCc2ccc(Cl)cc2)ccc1N. The molecule has 7 N–H and O–H groups in total. The molecule has 0 amide bonds. The Morgan fingerprint density at radius 3 is 2.30 bits per heavy atom. The first-order valence-electron chi connectivity index (χ1n) is 9.22. The van der Waals surface area contributed by atoms with Gasteiger partial charge in [-0.25, -0.2) is 0 Å². The summed E-state index contributed by atoms with van der Waals surface area (Å²) in [6.07, 6.45) is 0. The molecule has 7 heteroatoms. The fourth-order valence-electron chi connectivity index (χ4n) is 2.59. The summed E-state index contributed by atoms with van der Waals surface area (Å²) in [4.78, 5) is 4.38. The molecule has 0 aliphatic heterocycles. The molecule has 0 unspecified atom stereocenters. The van der Waals surface area contributed by atoms with Crippen LogP contribution >= 0.6 is 11.6 Å². The zero-order chi connectivity index (χ0) is 22.1. The van der Waals surface area contributed by atoms with Crippen molar-refractivity contribution in [2.45, 2.75) is 20.4 Å². The molecule has 0 aromatic heterocycles. The molecule has 0 saturated carbocycles. The number of amidine groups is 1. The molecule has 154 valence electrons. The van der Waals surface area contributed by atoms with Crippen LogP contribution in [-0.2, 0) is 6.54 Å². The summed E-state index contributed by atoms with van der Waals surface area (Å²) in [7, 11) is 0. The number of anilines is 2. The lowest BCUT2D eigenvalue weighted by molar-refractivity contribution is 1.06. The zero-order valence-corrected chi connectivity index (χ0v) is 17.7. The number of hydrogen-bond donors (Lipinski definition) is 4. The maximum Gasteiger partial charge on any atom is 0.125 e. The van der Waals surface area contributed by atoms with Crippen LogP contribution in [0, 0.1) is 25.2 Å². The van der Waals surface area contributed by atoms with Gasteiger partial charge in [0.25, 0.3) is 0 Å². The number of nitrogens with zero attached hydrogens (tertiary/aromatic N) is 2. The van der Waals surface area contributed by atoms with Gasteiger partial charge in [-0.3, -0.25) is 10.8 Å². The van der Waals surface area contributed by atoms with E-state index in [9.17, 15) is 0 Å². The standard InChI is InChI=1S/C15H16ClN3.C8H9N3/c1-10-8-12(4-7-14(10)17)15(18)19-9-11-2-5-13(16)6-3-11;1-6-4-7(5-9)2-3-8(6)11-10/h2-8H,9,17H2,1H3,(H2,18,19);2-4,11H,10H2,1H3. The molecule has 0 bridgehead atoms. The van der Waals surface area contributed by atoms with Gasteiger partial charge < -0.3 is 16.9 Å². The van der Waals surface area contributed by atoms with Crippen LogP contribution in [0.25, 0.3) is 0 Å². The minimum absolute atomic E-state index is 0.512. The second-order valence-electron chi connectivity index (χ2n) is 6.69. The van der Waals surface area contributed by atoms with Crippen LogP contribution in [0.5, 0.6) is 0 Å². The summed E-state index contributed by atoms with van der Waals surface area (Å²) in [6.45, 7) is 4.38. The third kappa shape index (κ3) is 6.52. The average molecular weight is 421 g/mol. The van der Waals surface area contributed by atoms with Crippen molar-refractivity contribution in [3.63, 3.8) is 0 Å². The molecule has 6 nitrogen and oxygen atoms in total. The monoisotopic (exact) mass is 420 g/mol. The van der Waals surface area contributed by atoms with Gasteiger partial charge >= 0.3 is 0 Å². The molecule has 30 heavy (non-hydrogen) atoms. The Balaban J connectivity index is 0.000000248. The van der Waals surface area contributed by atoms with Crippen LogP contribution in [0.3, 0.4) is 0 Å². The maximum absolute atomic E-state index is 8.52. The highest BCUT2D eigenvalue weighted by molar-refractivity contribution is 6.30. The molecule has 3 aromatic carbocycles. The van der Waals surface area contributed by atoms with E-state index >= 15 is 0 Å². The lowest BCUT2D eigenvalue weighted by Crippen LogP contribution is -2.14. The number of aryl methyl sites for hydroxylation is 2. The van der Waals surface area contributed by atoms with E-state index in [4.69, 9.17) is 34.2 Å². The topological polar surface area (TPSA) is 126 Å². The molecular weight excluding hydrogens is 396 g/mol. The molecule has 3 aromatic rings. The number of nitriles is 1. The Morgan fingerprint density at radius 2 is 1.73 bits per heavy atom. The predicted octanol–water partition coefficient (Wildman–Crippen LogP) is 4.29. The maximum atomic E-state index is 8.52. The minimum Gasteiger partial charge on any atom is -0.399 e.